The van der Waals surface area contributed by atoms with E-state index >= 15 is 0 Å². The van der Waals surface area contributed by atoms with Crippen molar-refractivity contribution < 1.29 is 4.39 Å². The zero-order valence-corrected chi connectivity index (χ0v) is 13.8. The summed E-state index contributed by atoms with van der Waals surface area (Å²) in [4.78, 5) is 2.34. The first-order valence-corrected chi connectivity index (χ1v) is 7.56. The molecule has 0 aliphatic carbocycles. The summed E-state index contributed by atoms with van der Waals surface area (Å²) in [5.74, 6) is -0.225. The molecule has 0 amide bonds. The van der Waals surface area contributed by atoms with Gasteiger partial charge in [-0.3, -0.25) is 4.90 Å². The zero-order valence-electron chi connectivity index (χ0n) is 12.2. The lowest BCUT2D eigenvalue weighted by Gasteiger charge is -2.42. The fourth-order valence-corrected chi connectivity index (χ4v) is 3.02. The summed E-state index contributed by atoms with van der Waals surface area (Å²) in [6.45, 7) is 10.5. The van der Waals surface area contributed by atoms with Crippen LogP contribution in [0.1, 0.15) is 33.3 Å². The molecule has 108 valence electrons. The summed E-state index contributed by atoms with van der Waals surface area (Å²) in [5.41, 5.74) is 7.18. The molecule has 0 aliphatic rings. The molecule has 1 rings (SSSR count). The Morgan fingerprint density at radius 2 is 1.84 bits per heavy atom. The Balaban J connectivity index is 2.86. The standard InChI is InChI=1S/C15H24BrFN2/c1-5-19(6-2)15(3,4)14(18)9-11-7-12(16)10-13(17)8-11/h7-8,10,14H,5-6,9,18H2,1-4H3. The monoisotopic (exact) mass is 330 g/mol. The highest BCUT2D eigenvalue weighted by atomic mass is 79.9. The molecule has 1 aromatic rings. The summed E-state index contributed by atoms with van der Waals surface area (Å²) in [6.07, 6.45) is 0.667. The maximum absolute atomic E-state index is 13.4. The predicted octanol–water partition coefficient (Wildman–Crippen LogP) is 3.58. The summed E-state index contributed by atoms with van der Waals surface area (Å²) in [5, 5.41) is 0. The highest BCUT2D eigenvalue weighted by molar-refractivity contribution is 9.10. The third-order valence-electron chi connectivity index (χ3n) is 3.86. The first kappa shape index (κ1) is 16.6. The van der Waals surface area contributed by atoms with Gasteiger partial charge in [0.2, 0.25) is 0 Å². The van der Waals surface area contributed by atoms with E-state index in [1.807, 2.05) is 6.07 Å². The number of nitrogens with two attached hydrogens (primary N) is 1. The van der Waals surface area contributed by atoms with Crippen LogP contribution < -0.4 is 5.73 Å². The Bertz CT molecular complexity index is 396. The molecule has 2 N–H and O–H groups in total. The van der Waals surface area contributed by atoms with E-state index in [4.69, 9.17) is 5.73 Å². The number of likely N-dealkylation sites (N-methyl/N-ethyl adjacent to an activating group) is 1. The van der Waals surface area contributed by atoms with Gasteiger partial charge in [-0.2, -0.15) is 0 Å². The van der Waals surface area contributed by atoms with Crippen molar-refractivity contribution in [2.45, 2.75) is 45.7 Å². The van der Waals surface area contributed by atoms with Crippen LogP contribution in [0.5, 0.6) is 0 Å². The number of hydrogen-bond donors (Lipinski definition) is 1. The smallest absolute Gasteiger partial charge is 0.124 e. The van der Waals surface area contributed by atoms with Gasteiger partial charge in [-0.25, -0.2) is 4.39 Å². The van der Waals surface area contributed by atoms with Gasteiger partial charge >= 0.3 is 0 Å². The van der Waals surface area contributed by atoms with Crippen LogP contribution in [-0.4, -0.2) is 29.6 Å². The van der Waals surface area contributed by atoms with Gasteiger partial charge in [0.15, 0.2) is 0 Å². The summed E-state index contributed by atoms with van der Waals surface area (Å²) in [6, 6.07) is 4.91. The number of halogens is 2. The lowest BCUT2D eigenvalue weighted by atomic mass is 9.88. The van der Waals surface area contributed by atoms with Crippen LogP contribution in [0.3, 0.4) is 0 Å². The maximum Gasteiger partial charge on any atom is 0.124 e. The van der Waals surface area contributed by atoms with Crippen LogP contribution in [0.2, 0.25) is 0 Å². The molecule has 19 heavy (non-hydrogen) atoms. The van der Waals surface area contributed by atoms with Crippen molar-refractivity contribution >= 4 is 15.9 Å². The summed E-state index contributed by atoms with van der Waals surface area (Å²) < 4.78 is 14.1. The molecule has 0 spiro atoms. The van der Waals surface area contributed by atoms with Crippen LogP contribution >= 0.6 is 15.9 Å². The van der Waals surface area contributed by atoms with Crippen molar-refractivity contribution in [2.24, 2.45) is 5.73 Å². The highest BCUT2D eigenvalue weighted by Gasteiger charge is 2.31. The van der Waals surface area contributed by atoms with E-state index in [9.17, 15) is 4.39 Å². The minimum Gasteiger partial charge on any atom is -0.326 e. The second-order valence-electron chi connectivity index (χ2n) is 5.41. The molecule has 0 bridgehead atoms. The molecule has 1 unspecified atom stereocenters. The van der Waals surface area contributed by atoms with Gasteiger partial charge in [0.25, 0.3) is 0 Å². The Hall–Kier alpha value is -0.450. The largest absolute Gasteiger partial charge is 0.326 e. The Morgan fingerprint density at radius 3 is 2.32 bits per heavy atom. The molecular weight excluding hydrogens is 307 g/mol. The second-order valence-corrected chi connectivity index (χ2v) is 6.33. The highest BCUT2D eigenvalue weighted by Crippen LogP contribution is 2.22. The van der Waals surface area contributed by atoms with Crippen molar-refractivity contribution in [1.29, 1.82) is 0 Å². The molecule has 1 aromatic carbocycles. The van der Waals surface area contributed by atoms with Gasteiger partial charge in [-0.15, -0.1) is 0 Å². The van der Waals surface area contributed by atoms with Crippen LogP contribution in [-0.2, 0) is 6.42 Å². The van der Waals surface area contributed by atoms with Crippen molar-refractivity contribution in [3.63, 3.8) is 0 Å². The van der Waals surface area contributed by atoms with Gasteiger partial charge in [0, 0.05) is 16.1 Å². The van der Waals surface area contributed by atoms with E-state index < -0.39 is 0 Å². The molecular formula is C15H24BrFN2. The number of nitrogens with zero attached hydrogens (tertiary/aromatic N) is 1. The fourth-order valence-electron chi connectivity index (χ4n) is 2.51. The summed E-state index contributed by atoms with van der Waals surface area (Å²) >= 11 is 3.32. The molecule has 4 heteroatoms. The van der Waals surface area contributed by atoms with E-state index in [1.54, 1.807) is 6.07 Å². The lowest BCUT2D eigenvalue weighted by molar-refractivity contribution is 0.106. The molecule has 0 fully saturated rings. The minimum absolute atomic E-state index is 0.0406. The SMILES string of the molecule is CCN(CC)C(C)(C)C(N)Cc1cc(F)cc(Br)c1. The van der Waals surface area contributed by atoms with Gasteiger partial charge in [0.1, 0.15) is 5.82 Å². The predicted molar refractivity (Wildman–Crippen MR) is 82.8 cm³/mol. The van der Waals surface area contributed by atoms with Crippen LogP contribution in [0.4, 0.5) is 4.39 Å². The average Bonchev–Trinajstić information content (AvgIpc) is 2.28. The molecule has 0 heterocycles. The quantitative estimate of drug-likeness (QED) is 0.863. The van der Waals surface area contributed by atoms with Crippen molar-refractivity contribution in [3.05, 3.63) is 34.1 Å². The first-order chi connectivity index (χ1) is 8.81. The molecule has 2 nitrogen and oxygen atoms in total. The topological polar surface area (TPSA) is 29.3 Å². The van der Waals surface area contributed by atoms with Crippen LogP contribution in [0.15, 0.2) is 22.7 Å². The molecule has 0 radical (unpaired) electrons. The fraction of sp³-hybridized carbons (Fsp3) is 0.600. The van der Waals surface area contributed by atoms with Gasteiger partial charge in [-0.1, -0.05) is 29.8 Å². The van der Waals surface area contributed by atoms with Gasteiger partial charge in [0.05, 0.1) is 0 Å². The molecule has 1 atom stereocenters. The lowest BCUT2D eigenvalue weighted by Crippen LogP contribution is -2.56. The Morgan fingerprint density at radius 1 is 1.26 bits per heavy atom. The third kappa shape index (κ3) is 4.26. The third-order valence-corrected chi connectivity index (χ3v) is 4.32. The van der Waals surface area contributed by atoms with Crippen LogP contribution in [0.25, 0.3) is 0 Å². The van der Waals surface area contributed by atoms with E-state index in [-0.39, 0.29) is 17.4 Å². The molecule has 0 aliphatic heterocycles. The Kier molecular flexibility index (Phi) is 5.96. The number of hydrogen-bond acceptors (Lipinski definition) is 2. The second kappa shape index (κ2) is 6.82. The Labute approximate surface area is 124 Å². The first-order valence-electron chi connectivity index (χ1n) is 6.76. The molecule has 0 aromatic heterocycles. The van der Waals surface area contributed by atoms with E-state index in [0.717, 1.165) is 23.1 Å². The zero-order chi connectivity index (χ0) is 14.6. The maximum atomic E-state index is 13.4. The summed E-state index contributed by atoms with van der Waals surface area (Å²) in [7, 11) is 0. The van der Waals surface area contributed by atoms with Gasteiger partial charge < -0.3 is 5.73 Å². The number of rotatable bonds is 6. The van der Waals surface area contributed by atoms with Gasteiger partial charge in [-0.05, 0) is 57.1 Å². The normalized spacial score (nSPS) is 13.9. The average molecular weight is 331 g/mol. The van der Waals surface area contributed by atoms with Crippen molar-refractivity contribution in [2.75, 3.05) is 13.1 Å². The van der Waals surface area contributed by atoms with E-state index in [2.05, 4.69) is 48.5 Å². The minimum atomic E-state index is -0.225. The van der Waals surface area contributed by atoms with Crippen molar-refractivity contribution in [3.8, 4) is 0 Å². The van der Waals surface area contributed by atoms with E-state index in [1.165, 1.54) is 6.07 Å². The molecule has 0 saturated heterocycles. The van der Waals surface area contributed by atoms with Crippen molar-refractivity contribution in [1.82, 2.24) is 4.90 Å². The molecule has 0 saturated carbocycles. The van der Waals surface area contributed by atoms with Crippen LogP contribution in [0, 0.1) is 5.82 Å². The number of benzene rings is 1. The van der Waals surface area contributed by atoms with E-state index in [0.29, 0.717) is 6.42 Å².